The Bertz CT molecular complexity index is 387. The molecule has 0 radical (unpaired) electrons. The molecule has 1 saturated heterocycles. The first-order valence-electron chi connectivity index (χ1n) is 7.32. The number of aliphatic hydroxyl groups is 1. The zero-order chi connectivity index (χ0) is 13.8. The van der Waals surface area contributed by atoms with Crippen molar-refractivity contribution in [1.82, 2.24) is 4.90 Å². The van der Waals surface area contributed by atoms with Crippen molar-refractivity contribution in [3.63, 3.8) is 0 Å². The minimum atomic E-state index is 0.0184. The van der Waals surface area contributed by atoms with E-state index in [4.69, 9.17) is 10.2 Å². The van der Waals surface area contributed by atoms with Gasteiger partial charge in [-0.15, -0.1) is 0 Å². The first-order chi connectivity index (χ1) is 9.13. The maximum absolute atomic E-state index is 9.25. The zero-order valence-electron chi connectivity index (χ0n) is 12.0. The molecular formula is C15H26N2O2. The molecule has 0 aromatic carbocycles. The molecule has 3 atom stereocenters. The van der Waals surface area contributed by atoms with E-state index in [2.05, 4.69) is 4.90 Å². The molecule has 1 aromatic rings. The molecule has 108 valence electrons. The van der Waals surface area contributed by atoms with E-state index in [0.717, 1.165) is 30.9 Å². The number of piperidine rings is 1. The number of hydrogen-bond acceptors (Lipinski definition) is 4. The normalized spacial score (nSPS) is 24.3. The number of likely N-dealkylation sites (tertiary alicyclic amines) is 1. The lowest BCUT2D eigenvalue weighted by molar-refractivity contribution is 0.0546. The Kier molecular flexibility index (Phi) is 5.02. The minimum Gasteiger partial charge on any atom is -0.465 e. The fraction of sp³-hybridized carbons (Fsp3) is 0.733. The van der Waals surface area contributed by atoms with Crippen LogP contribution in [-0.2, 0) is 0 Å². The van der Waals surface area contributed by atoms with E-state index in [1.54, 1.807) is 0 Å². The van der Waals surface area contributed by atoms with Crippen molar-refractivity contribution in [2.24, 2.45) is 5.73 Å². The van der Waals surface area contributed by atoms with Gasteiger partial charge in [0.1, 0.15) is 11.5 Å². The third-order valence-corrected chi connectivity index (χ3v) is 4.04. The molecule has 2 rings (SSSR count). The van der Waals surface area contributed by atoms with Gasteiger partial charge in [0.2, 0.25) is 0 Å². The summed E-state index contributed by atoms with van der Waals surface area (Å²) in [6, 6.07) is 4.58. The second-order valence-electron chi connectivity index (χ2n) is 5.65. The monoisotopic (exact) mass is 266 g/mol. The molecule has 4 nitrogen and oxygen atoms in total. The number of rotatable bonds is 5. The number of nitrogens with zero attached hydrogens (tertiary/aromatic N) is 1. The molecule has 1 aliphatic heterocycles. The molecule has 0 aliphatic carbocycles. The number of nitrogens with two attached hydrogens (primary N) is 1. The zero-order valence-corrected chi connectivity index (χ0v) is 12.0. The number of furan rings is 1. The first-order valence-corrected chi connectivity index (χ1v) is 7.32. The van der Waals surface area contributed by atoms with Gasteiger partial charge in [-0.25, -0.2) is 0 Å². The molecule has 0 spiro atoms. The van der Waals surface area contributed by atoms with Crippen molar-refractivity contribution in [2.75, 3.05) is 13.2 Å². The lowest BCUT2D eigenvalue weighted by Gasteiger charge is -2.42. The first kappa shape index (κ1) is 14.6. The smallest absolute Gasteiger partial charge is 0.122 e. The van der Waals surface area contributed by atoms with Crippen LogP contribution >= 0.6 is 0 Å². The lowest BCUT2D eigenvalue weighted by atomic mass is 9.94. The van der Waals surface area contributed by atoms with Crippen LogP contribution in [0.4, 0.5) is 0 Å². The second kappa shape index (κ2) is 6.55. The Labute approximate surface area is 115 Å². The quantitative estimate of drug-likeness (QED) is 0.857. The fourth-order valence-electron chi connectivity index (χ4n) is 3.19. The summed E-state index contributed by atoms with van der Waals surface area (Å²) < 4.78 is 5.80. The number of aryl methyl sites for hydroxylation is 1. The van der Waals surface area contributed by atoms with Gasteiger partial charge < -0.3 is 15.3 Å². The summed E-state index contributed by atoms with van der Waals surface area (Å²) >= 11 is 0. The van der Waals surface area contributed by atoms with Gasteiger partial charge in [-0.1, -0.05) is 6.42 Å². The highest BCUT2D eigenvalue weighted by Gasteiger charge is 2.33. The Hall–Kier alpha value is -0.840. The van der Waals surface area contributed by atoms with Crippen LogP contribution in [0, 0.1) is 6.92 Å². The average Bonchev–Trinajstić information content (AvgIpc) is 2.78. The van der Waals surface area contributed by atoms with Crippen molar-refractivity contribution >= 4 is 0 Å². The van der Waals surface area contributed by atoms with E-state index >= 15 is 0 Å². The van der Waals surface area contributed by atoms with Crippen molar-refractivity contribution in [3.05, 3.63) is 23.7 Å². The Morgan fingerprint density at radius 1 is 1.47 bits per heavy atom. The van der Waals surface area contributed by atoms with E-state index < -0.39 is 0 Å². The Balaban J connectivity index is 2.21. The molecule has 0 amide bonds. The molecule has 1 aliphatic rings. The maximum Gasteiger partial charge on any atom is 0.122 e. The summed E-state index contributed by atoms with van der Waals surface area (Å²) in [6.45, 7) is 5.27. The molecule has 4 heteroatoms. The van der Waals surface area contributed by atoms with Crippen LogP contribution < -0.4 is 5.73 Å². The Morgan fingerprint density at radius 3 is 2.84 bits per heavy atom. The van der Waals surface area contributed by atoms with Crippen molar-refractivity contribution < 1.29 is 9.52 Å². The highest BCUT2D eigenvalue weighted by Crippen LogP contribution is 2.32. The lowest BCUT2D eigenvalue weighted by Crippen LogP contribution is -2.47. The van der Waals surface area contributed by atoms with Crippen LogP contribution in [-0.4, -0.2) is 35.2 Å². The van der Waals surface area contributed by atoms with Crippen molar-refractivity contribution in [1.29, 1.82) is 0 Å². The van der Waals surface area contributed by atoms with E-state index in [1.165, 1.54) is 12.8 Å². The van der Waals surface area contributed by atoms with Gasteiger partial charge in [-0.05, 0) is 51.8 Å². The summed E-state index contributed by atoms with van der Waals surface area (Å²) in [6.07, 6.45) is 4.40. The molecular weight excluding hydrogens is 240 g/mol. The topological polar surface area (TPSA) is 62.6 Å². The van der Waals surface area contributed by atoms with Gasteiger partial charge in [-0.3, -0.25) is 4.90 Å². The molecule has 19 heavy (non-hydrogen) atoms. The molecule has 0 bridgehead atoms. The van der Waals surface area contributed by atoms with E-state index in [9.17, 15) is 5.11 Å². The molecule has 3 N–H and O–H groups in total. The Morgan fingerprint density at radius 2 is 2.26 bits per heavy atom. The van der Waals surface area contributed by atoms with Crippen LogP contribution in [0.1, 0.15) is 50.2 Å². The molecule has 3 unspecified atom stereocenters. The molecule has 0 saturated carbocycles. The molecule has 1 fully saturated rings. The van der Waals surface area contributed by atoms with E-state index in [1.807, 2.05) is 26.0 Å². The van der Waals surface area contributed by atoms with Gasteiger partial charge >= 0.3 is 0 Å². The summed E-state index contributed by atoms with van der Waals surface area (Å²) in [4.78, 5) is 2.43. The minimum absolute atomic E-state index is 0.0184. The van der Waals surface area contributed by atoms with Gasteiger partial charge in [-0.2, -0.15) is 0 Å². The molecule has 2 heterocycles. The van der Waals surface area contributed by atoms with E-state index in [0.29, 0.717) is 6.04 Å². The summed E-state index contributed by atoms with van der Waals surface area (Å²) in [5.41, 5.74) is 6.20. The fourth-order valence-corrected chi connectivity index (χ4v) is 3.19. The van der Waals surface area contributed by atoms with Crippen LogP contribution in [0.25, 0.3) is 0 Å². The van der Waals surface area contributed by atoms with Crippen LogP contribution in [0.15, 0.2) is 16.5 Å². The third kappa shape index (κ3) is 3.38. The van der Waals surface area contributed by atoms with E-state index in [-0.39, 0.29) is 18.7 Å². The standard InChI is InChI=1S/C15H26N2O2/c1-11-6-7-14(19-11)15(12(2)16)17-9-4-3-5-13(17)8-10-18/h6-7,12-13,15,18H,3-5,8-10,16H2,1-2H3. The van der Waals surface area contributed by atoms with Gasteiger partial charge in [0, 0.05) is 18.7 Å². The predicted molar refractivity (Wildman–Crippen MR) is 75.9 cm³/mol. The summed E-state index contributed by atoms with van der Waals surface area (Å²) in [5.74, 6) is 1.88. The second-order valence-corrected chi connectivity index (χ2v) is 5.65. The number of aliphatic hydroxyl groups excluding tert-OH is 1. The maximum atomic E-state index is 9.25. The third-order valence-electron chi connectivity index (χ3n) is 4.04. The summed E-state index contributed by atoms with van der Waals surface area (Å²) in [7, 11) is 0. The van der Waals surface area contributed by atoms with Gasteiger partial charge in [0.15, 0.2) is 0 Å². The van der Waals surface area contributed by atoms with Crippen LogP contribution in [0.3, 0.4) is 0 Å². The van der Waals surface area contributed by atoms with Crippen LogP contribution in [0.5, 0.6) is 0 Å². The van der Waals surface area contributed by atoms with Gasteiger partial charge in [0.25, 0.3) is 0 Å². The van der Waals surface area contributed by atoms with Crippen molar-refractivity contribution in [2.45, 2.75) is 57.7 Å². The predicted octanol–water partition coefficient (Wildman–Crippen LogP) is 2.21. The molecule has 1 aromatic heterocycles. The average molecular weight is 266 g/mol. The van der Waals surface area contributed by atoms with Crippen LogP contribution in [0.2, 0.25) is 0 Å². The van der Waals surface area contributed by atoms with Crippen molar-refractivity contribution in [3.8, 4) is 0 Å². The highest BCUT2D eigenvalue weighted by molar-refractivity contribution is 5.12. The highest BCUT2D eigenvalue weighted by atomic mass is 16.3. The summed E-state index contributed by atoms with van der Waals surface area (Å²) in [5, 5.41) is 9.25. The SMILES string of the molecule is Cc1ccc(C(C(C)N)N2CCCCC2CCO)o1. The largest absolute Gasteiger partial charge is 0.465 e. The van der Waals surface area contributed by atoms with Gasteiger partial charge in [0.05, 0.1) is 6.04 Å². The number of hydrogen-bond donors (Lipinski definition) is 2.